The summed E-state index contributed by atoms with van der Waals surface area (Å²) < 4.78 is 11.1. The largest absolute Gasteiger partial charge is 0.505 e. The molecule has 1 heterocycles. The molecule has 0 amide bonds. The number of ketones is 2. The lowest BCUT2D eigenvalue weighted by molar-refractivity contribution is -0.138. The third-order valence-electron chi connectivity index (χ3n) is 6.88. The molecule has 140 valence electrons. The second-order valence-electron chi connectivity index (χ2n) is 7.43. The van der Waals surface area contributed by atoms with E-state index in [4.69, 9.17) is 9.47 Å². The minimum atomic E-state index is -0.958. The van der Waals surface area contributed by atoms with Gasteiger partial charge in [-0.25, -0.2) is 0 Å². The second kappa shape index (κ2) is 5.39. The molecule has 4 aliphatic rings. The van der Waals surface area contributed by atoms with Crippen molar-refractivity contribution in [3.8, 4) is 0 Å². The predicted molar refractivity (Wildman–Crippen MR) is 97.7 cm³/mol. The zero-order valence-electron chi connectivity index (χ0n) is 15.4. The number of ether oxygens (including phenoxy) is 2. The Bertz CT molecular complexity index is 802. The summed E-state index contributed by atoms with van der Waals surface area (Å²) in [7, 11) is 4.99. The van der Waals surface area contributed by atoms with E-state index in [1.54, 1.807) is 6.08 Å². The first-order chi connectivity index (χ1) is 12.4. The number of thioether (sulfide) groups is 1. The quantitative estimate of drug-likeness (QED) is 0.752. The summed E-state index contributed by atoms with van der Waals surface area (Å²) in [5.74, 6) is 0.0266. The van der Waals surface area contributed by atoms with Gasteiger partial charge in [0.05, 0.1) is 19.6 Å². The Morgan fingerprint density at radius 2 is 2.00 bits per heavy atom. The van der Waals surface area contributed by atoms with Gasteiger partial charge in [-0.05, 0) is 32.3 Å². The topological polar surface area (TPSA) is 76.1 Å². The minimum absolute atomic E-state index is 0.155. The van der Waals surface area contributed by atoms with E-state index >= 15 is 0 Å². The highest BCUT2D eigenvalue weighted by atomic mass is 32.2. The van der Waals surface area contributed by atoms with Gasteiger partial charge in [-0.1, -0.05) is 12.2 Å². The molecular weight excluding hydrogens is 354 g/mol. The van der Waals surface area contributed by atoms with Gasteiger partial charge < -0.3 is 14.6 Å². The molecule has 1 spiro atoms. The van der Waals surface area contributed by atoms with Gasteiger partial charge in [0, 0.05) is 17.1 Å². The molecule has 0 aromatic rings. The van der Waals surface area contributed by atoms with Gasteiger partial charge in [0.15, 0.2) is 11.5 Å². The van der Waals surface area contributed by atoms with Crippen molar-refractivity contribution in [2.24, 2.45) is 10.8 Å². The third kappa shape index (κ3) is 1.56. The van der Waals surface area contributed by atoms with Crippen molar-refractivity contribution in [3.63, 3.8) is 0 Å². The Labute approximate surface area is 156 Å². The fourth-order valence-corrected chi connectivity index (χ4v) is 6.91. The van der Waals surface area contributed by atoms with Crippen LogP contribution in [-0.4, -0.2) is 66.4 Å². The monoisotopic (exact) mass is 377 g/mol. The van der Waals surface area contributed by atoms with Crippen molar-refractivity contribution in [1.29, 1.82) is 0 Å². The van der Waals surface area contributed by atoms with E-state index in [0.29, 0.717) is 12.2 Å². The molecule has 7 heteroatoms. The Morgan fingerprint density at radius 1 is 1.27 bits per heavy atom. The van der Waals surface area contributed by atoms with Crippen LogP contribution in [0.15, 0.2) is 35.5 Å². The fraction of sp³-hybridized carbons (Fsp3) is 0.579. The molecule has 0 aromatic carbocycles. The van der Waals surface area contributed by atoms with Crippen LogP contribution in [-0.2, 0) is 19.1 Å². The van der Waals surface area contributed by atoms with Gasteiger partial charge in [0.1, 0.15) is 5.54 Å². The highest BCUT2D eigenvalue weighted by Gasteiger charge is 2.78. The van der Waals surface area contributed by atoms with Crippen molar-refractivity contribution in [2.45, 2.75) is 23.6 Å². The van der Waals surface area contributed by atoms with Gasteiger partial charge in [-0.2, -0.15) is 11.8 Å². The summed E-state index contributed by atoms with van der Waals surface area (Å²) in [5, 5.41) is 10.1. The molecule has 4 rings (SSSR count). The third-order valence-corrected chi connectivity index (χ3v) is 7.90. The Hall–Kier alpha value is -1.73. The summed E-state index contributed by atoms with van der Waals surface area (Å²) in [6.45, 7) is 0.721. The number of hydrogen-bond donors (Lipinski definition) is 1. The van der Waals surface area contributed by atoms with E-state index in [9.17, 15) is 14.7 Å². The van der Waals surface area contributed by atoms with Crippen LogP contribution < -0.4 is 0 Å². The van der Waals surface area contributed by atoms with Crippen LogP contribution >= 0.6 is 11.8 Å². The molecule has 1 aliphatic heterocycles. The predicted octanol–water partition coefficient (Wildman–Crippen LogP) is 1.84. The number of likely N-dealkylation sites (N-methyl/N-ethyl adjacent to an activating group) is 1. The van der Waals surface area contributed by atoms with Gasteiger partial charge >= 0.3 is 0 Å². The summed E-state index contributed by atoms with van der Waals surface area (Å²) in [5.41, 5.74) is -2.39. The summed E-state index contributed by atoms with van der Waals surface area (Å²) in [6.07, 6.45) is 8.32. The average Bonchev–Trinajstić information content (AvgIpc) is 3.18. The molecule has 26 heavy (non-hydrogen) atoms. The summed E-state index contributed by atoms with van der Waals surface area (Å²) >= 11 is 1.52. The lowest BCUT2D eigenvalue weighted by Gasteiger charge is -2.53. The highest BCUT2D eigenvalue weighted by Crippen LogP contribution is 2.72. The van der Waals surface area contributed by atoms with Crippen LogP contribution in [0.25, 0.3) is 0 Å². The number of methoxy groups -OCH3 is 2. The molecular formula is C19H23NO5S. The number of likely N-dealkylation sites (tertiary alicyclic amines) is 1. The number of carbonyl (C=O) groups excluding carboxylic acids is 2. The zero-order valence-corrected chi connectivity index (χ0v) is 16.2. The molecule has 6 nitrogen and oxygen atoms in total. The summed E-state index contributed by atoms with van der Waals surface area (Å²) in [6, 6.07) is 0. The maximum absolute atomic E-state index is 13.2. The number of Topliss-reactive ketones (excluding diaryl/α,β-unsaturated/α-hetero) is 2. The SMILES string of the molecule is COC1=C(OC)[C@]23C=C[C@@]4(C(=O)C(O)=C[C@@H]4SC)[C@]2(CCN3C)CC1=O. The lowest BCUT2D eigenvalue weighted by Crippen LogP contribution is -2.62. The fourth-order valence-electron chi connectivity index (χ4n) is 5.86. The molecule has 1 fully saturated rings. The van der Waals surface area contributed by atoms with E-state index in [-0.39, 0.29) is 34.8 Å². The van der Waals surface area contributed by atoms with Crippen molar-refractivity contribution < 1.29 is 24.2 Å². The molecule has 4 atom stereocenters. The van der Waals surface area contributed by atoms with Crippen LogP contribution in [0, 0.1) is 10.8 Å². The number of hydrogen-bond acceptors (Lipinski definition) is 7. The number of rotatable bonds is 3. The lowest BCUT2D eigenvalue weighted by atomic mass is 9.52. The maximum Gasteiger partial charge on any atom is 0.208 e. The first-order valence-electron chi connectivity index (χ1n) is 8.62. The normalized spacial score (nSPS) is 41.7. The van der Waals surface area contributed by atoms with Crippen LogP contribution in [0.3, 0.4) is 0 Å². The minimum Gasteiger partial charge on any atom is -0.505 e. The number of nitrogens with zero attached hydrogens (tertiary/aromatic N) is 1. The highest BCUT2D eigenvalue weighted by molar-refractivity contribution is 7.99. The van der Waals surface area contributed by atoms with Crippen molar-refractivity contribution in [2.75, 3.05) is 34.1 Å². The van der Waals surface area contributed by atoms with Crippen molar-refractivity contribution in [1.82, 2.24) is 4.90 Å². The first kappa shape index (κ1) is 17.7. The molecule has 1 saturated heterocycles. The van der Waals surface area contributed by atoms with E-state index < -0.39 is 16.4 Å². The van der Waals surface area contributed by atoms with E-state index in [2.05, 4.69) is 4.90 Å². The van der Waals surface area contributed by atoms with E-state index in [1.165, 1.54) is 26.0 Å². The van der Waals surface area contributed by atoms with Crippen LogP contribution in [0.1, 0.15) is 12.8 Å². The molecule has 0 unspecified atom stereocenters. The van der Waals surface area contributed by atoms with E-state index in [0.717, 1.165) is 6.54 Å². The first-order valence-corrected chi connectivity index (χ1v) is 9.91. The molecule has 1 N–H and O–H groups in total. The smallest absolute Gasteiger partial charge is 0.208 e. The van der Waals surface area contributed by atoms with Gasteiger partial charge in [0.25, 0.3) is 0 Å². The Morgan fingerprint density at radius 3 is 2.62 bits per heavy atom. The van der Waals surface area contributed by atoms with Crippen LogP contribution in [0.2, 0.25) is 0 Å². The van der Waals surface area contributed by atoms with Crippen molar-refractivity contribution >= 4 is 23.3 Å². The standard InChI is InChI=1S/C19H23NO5S/c1-20-8-7-17-10-12(22)14(24-2)16(25-3)19(17,20)6-5-18(17)13(26-4)9-11(21)15(18)23/h5-6,9,13,21H,7-8,10H2,1-4H3/t13-,17-,18+,19+/m0/s1. The van der Waals surface area contributed by atoms with Crippen LogP contribution in [0.4, 0.5) is 0 Å². The molecule has 0 radical (unpaired) electrons. The Balaban J connectivity index is 2.03. The van der Waals surface area contributed by atoms with E-state index in [1.807, 2.05) is 25.5 Å². The van der Waals surface area contributed by atoms with Gasteiger partial charge in [-0.3, -0.25) is 14.5 Å². The van der Waals surface area contributed by atoms with Crippen LogP contribution in [0.5, 0.6) is 0 Å². The average molecular weight is 377 g/mol. The van der Waals surface area contributed by atoms with Crippen molar-refractivity contribution in [3.05, 3.63) is 35.5 Å². The molecule has 3 aliphatic carbocycles. The number of allylic oxidation sites excluding steroid dienone is 3. The van der Waals surface area contributed by atoms with Gasteiger partial charge in [-0.15, -0.1) is 0 Å². The molecule has 0 bridgehead atoms. The summed E-state index contributed by atoms with van der Waals surface area (Å²) in [4.78, 5) is 28.4. The number of aliphatic hydroxyl groups excluding tert-OH is 1. The van der Waals surface area contributed by atoms with Gasteiger partial charge in [0.2, 0.25) is 17.3 Å². The molecule has 0 saturated carbocycles. The zero-order chi connectivity index (χ0) is 18.9. The number of aliphatic hydroxyl groups is 1. The number of carbonyl (C=O) groups is 2. The second-order valence-corrected chi connectivity index (χ2v) is 8.41. The Kier molecular flexibility index (Phi) is 3.66. The molecule has 0 aromatic heterocycles. The maximum atomic E-state index is 13.2.